The molecule has 1 aromatic heterocycles. The van der Waals surface area contributed by atoms with E-state index in [0.29, 0.717) is 24.6 Å². The first kappa shape index (κ1) is 13.2. The smallest absolute Gasteiger partial charge is 0.228 e. The monoisotopic (exact) mass is 309 g/mol. The van der Waals surface area contributed by atoms with Gasteiger partial charge in [0.1, 0.15) is 0 Å². The number of hydrogen-bond donors (Lipinski definition) is 1. The Hall–Kier alpha value is -1.20. The highest BCUT2D eigenvalue weighted by atomic mass is 79.9. The number of halogens is 1. The van der Waals surface area contributed by atoms with E-state index in [1.54, 1.807) is 0 Å². The van der Waals surface area contributed by atoms with Gasteiger partial charge < -0.3 is 10.3 Å². The van der Waals surface area contributed by atoms with Gasteiger partial charge in [-0.1, -0.05) is 33.2 Å². The second kappa shape index (κ2) is 5.20. The van der Waals surface area contributed by atoms with Crippen molar-refractivity contribution in [2.75, 3.05) is 0 Å². The van der Waals surface area contributed by atoms with Gasteiger partial charge in [0.2, 0.25) is 5.89 Å². The lowest BCUT2D eigenvalue weighted by Gasteiger charge is -2.14. The average Bonchev–Trinajstić information content (AvgIpc) is 2.62. The van der Waals surface area contributed by atoms with Crippen LogP contribution in [0.15, 0.2) is 33.3 Å². The summed E-state index contributed by atoms with van der Waals surface area (Å²) in [5.74, 6) is 1.28. The van der Waals surface area contributed by atoms with Crippen molar-refractivity contribution in [1.29, 1.82) is 0 Å². The Bertz CT molecular complexity index is 531. The van der Waals surface area contributed by atoms with Crippen LogP contribution in [0.5, 0.6) is 0 Å². The van der Waals surface area contributed by atoms with Gasteiger partial charge in [0.05, 0.1) is 0 Å². The predicted octanol–water partition coefficient (Wildman–Crippen LogP) is 2.70. The molecular weight excluding hydrogens is 294 g/mol. The zero-order valence-corrected chi connectivity index (χ0v) is 12.1. The molecule has 0 aliphatic carbocycles. The molecule has 1 aromatic carbocycles. The van der Waals surface area contributed by atoms with E-state index >= 15 is 0 Å². The zero-order chi connectivity index (χ0) is 13.2. The zero-order valence-electron chi connectivity index (χ0n) is 10.5. The Labute approximate surface area is 115 Å². The lowest BCUT2D eigenvalue weighted by atomic mass is 10.0. The van der Waals surface area contributed by atoms with Crippen LogP contribution in [-0.2, 0) is 12.8 Å². The topological polar surface area (TPSA) is 64.9 Å². The second-order valence-corrected chi connectivity index (χ2v) is 5.99. The molecule has 0 aliphatic heterocycles. The molecule has 0 bridgehead atoms. The molecule has 0 radical (unpaired) electrons. The molecular formula is C13H16BrN3O. The standard InChI is InChI=1S/C13H16BrN3O/c1-13(2,15)8-12-16-11(17-18-12)7-9-4-3-5-10(14)6-9/h3-6H,7-8,15H2,1-2H3. The Kier molecular flexibility index (Phi) is 3.82. The average molecular weight is 310 g/mol. The minimum Gasteiger partial charge on any atom is -0.339 e. The quantitative estimate of drug-likeness (QED) is 0.943. The highest BCUT2D eigenvalue weighted by Gasteiger charge is 2.17. The molecule has 96 valence electrons. The van der Waals surface area contributed by atoms with Crippen molar-refractivity contribution in [3.05, 3.63) is 46.0 Å². The summed E-state index contributed by atoms with van der Waals surface area (Å²) in [6, 6.07) is 8.06. The summed E-state index contributed by atoms with van der Waals surface area (Å²) in [6.07, 6.45) is 1.24. The number of hydrogen-bond acceptors (Lipinski definition) is 4. The molecule has 1 heterocycles. The van der Waals surface area contributed by atoms with E-state index < -0.39 is 0 Å². The molecule has 4 nitrogen and oxygen atoms in total. The van der Waals surface area contributed by atoms with Crippen LogP contribution in [0.25, 0.3) is 0 Å². The maximum absolute atomic E-state index is 5.92. The van der Waals surface area contributed by atoms with Gasteiger partial charge in [0.25, 0.3) is 0 Å². The van der Waals surface area contributed by atoms with Crippen molar-refractivity contribution in [1.82, 2.24) is 10.1 Å². The minimum absolute atomic E-state index is 0.334. The number of rotatable bonds is 4. The molecule has 0 saturated heterocycles. The molecule has 0 atom stereocenters. The summed E-state index contributed by atoms with van der Waals surface area (Å²) < 4.78 is 6.24. The van der Waals surface area contributed by atoms with Gasteiger partial charge in [-0.25, -0.2) is 0 Å². The van der Waals surface area contributed by atoms with Crippen LogP contribution >= 0.6 is 15.9 Å². The van der Waals surface area contributed by atoms with Crippen molar-refractivity contribution >= 4 is 15.9 Å². The first-order valence-corrected chi connectivity index (χ1v) is 6.56. The number of benzene rings is 1. The summed E-state index contributed by atoms with van der Waals surface area (Å²) >= 11 is 3.44. The number of nitrogens with zero attached hydrogens (tertiary/aromatic N) is 2. The summed E-state index contributed by atoms with van der Waals surface area (Å²) in [7, 11) is 0. The second-order valence-electron chi connectivity index (χ2n) is 5.08. The molecule has 0 amide bonds. The van der Waals surface area contributed by atoms with E-state index in [1.165, 1.54) is 0 Å². The van der Waals surface area contributed by atoms with E-state index in [-0.39, 0.29) is 5.54 Å². The summed E-state index contributed by atoms with van der Waals surface area (Å²) in [6.45, 7) is 3.87. The van der Waals surface area contributed by atoms with Crippen LogP contribution < -0.4 is 5.73 Å². The highest BCUT2D eigenvalue weighted by molar-refractivity contribution is 9.10. The fourth-order valence-electron chi connectivity index (χ4n) is 1.65. The molecule has 0 spiro atoms. The third kappa shape index (κ3) is 3.92. The summed E-state index contributed by atoms with van der Waals surface area (Å²) in [5, 5.41) is 3.97. The largest absolute Gasteiger partial charge is 0.339 e. The molecule has 2 N–H and O–H groups in total. The first-order chi connectivity index (χ1) is 8.42. The third-order valence-corrected chi connectivity index (χ3v) is 2.86. The van der Waals surface area contributed by atoms with Gasteiger partial charge in [-0.2, -0.15) is 4.98 Å². The Balaban J connectivity index is 2.07. The summed E-state index contributed by atoms with van der Waals surface area (Å²) in [5.41, 5.74) is 6.72. The maximum Gasteiger partial charge on any atom is 0.228 e. The van der Waals surface area contributed by atoms with E-state index in [9.17, 15) is 0 Å². The van der Waals surface area contributed by atoms with E-state index in [4.69, 9.17) is 10.3 Å². The van der Waals surface area contributed by atoms with E-state index in [0.717, 1.165) is 10.0 Å². The van der Waals surface area contributed by atoms with Gasteiger partial charge in [0.15, 0.2) is 5.82 Å². The molecule has 0 aliphatic rings. The lowest BCUT2D eigenvalue weighted by molar-refractivity contribution is 0.345. The molecule has 18 heavy (non-hydrogen) atoms. The fraction of sp³-hybridized carbons (Fsp3) is 0.385. The van der Waals surface area contributed by atoms with Crippen molar-refractivity contribution in [3.8, 4) is 0 Å². The van der Waals surface area contributed by atoms with Crippen LogP contribution in [0.4, 0.5) is 0 Å². The van der Waals surface area contributed by atoms with Crippen molar-refractivity contribution in [2.24, 2.45) is 5.73 Å². The molecule has 0 fully saturated rings. The Morgan fingerprint density at radius 1 is 1.39 bits per heavy atom. The van der Waals surface area contributed by atoms with Crippen LogP contribution in [0, 0.1) is 0 Å². The van der Waals surface area contributed by atoms with Crippen LogP contribution in [-0.4, -0.2) is 15.7 Å². The SMILES string of the molecule is CC(C)(N)Cc1nc(Cc2cccc(Br)c2)no1. The first-order valence-electron chi connectivity index (χ1n) is 5.77. The van der Waals surface area contributed by atoms with Crippen molar-refractivity contribution in [2.45, 2.75) is 32.2 Å². The molecule has 2 aromatic rings. The highest BCUT2D eigenvalue weighted by Crippen LogP contribution is 2.15. The van der Waals surface area contributed by atoms with Crippen molar-refractivity contribution in [3.63, 3.8) is 0 Å². The Morgan fingerprint density at radius 3 is 2.83 bits per heavy atom. The molecule has 0 unspecified atom stereocenters. The van der Waals surface area contributed by atoms with Crippen molar-refractivity contribution < 1.29 is 4.52 Å². The Morgan fingerprint density at radius 2 is 2.17 bits per heavy atom. The van der Waals surface area contributed by atoms with Crippen LogP contribution in [0.2, 0.25) is 0 Å². The molecule has 2 rings (SSSR count). The minimum atomic E-state index is -0.334. The summed E-state index contributed by atoms with van der Waals surface area (Å²) in [4.78, 5) is 4.35. The fourth-order valence-corrected chi connectivity index (χ4v) is 2.10. The van der Waals surface area contributed by atoms with Gasteiger partial charge in [-0.15, -0.1) is 0 Å². The van der Waals surface area contributed by atoms with Crippen LogP contribution in [0.1, 0.15) is 31.1 Å². The van der Waals surface area contributed by atoms with E-state index in [2.05, 4.69) is 26.1 Å². The van der Waals surface area contributed by atoms with Crippen LogP contribution in [0.3, 0.4) is 0 Å². The van der Waals surface area contributed by atoms with E-state index in [1.807, 2.05) is 38.1 Å². The predicted molar refractivity (Wildman–Crippen MR) is 73.2 cm³/mol. The third-order valence-electron chi connectivity index (χ3n) is 2.37. The number of aromatic nitrogens is 2. The maximum atomic E-state index is 5.92. The van der Waals surface area contributed by atoms with Gasteiger partial charge in [-0.05, 0) is 31.5 Å². The van der Waals surface area contributed by atoms with Gasteiger partial charge in [0, 0.05) is 22.9 Å². The molecule has 0 saturated carbocycles. The lowest BCUT2D eigenvalue weighted by Crippen LogP contribution is -2.34. The number of nitrogens with two attached hydrogens (primary N) is 1. The molecule has 5 heteroatoms. The normalized spacial score (nSPS) is 11.8. The van der Waals surface area contributed by atoms with Gasteiger partial charge in [-0.3, -0.25) is 0 Å². The van der Waals surface area contributed by atoms with Gasteiger partial charge >= 0.3 is 0 Å².